The maximum absolute atomic E-state index is 5.67. The number of rotatable bonds is 2. The van der Waals surface area contributed by atoms with E-state index in [1.54, 1.807) is 0 Å². The second kappa shape index (κ2) is 3.31. The highest BCUT2D eigenvalue weighted by molar-refractivity contribution is 5.52. The van der Waals surface area contributed by atoms with Crippen LogP contribution in [0.4, 0.5) is 5.69 Å². The van der Waals surface area contributed by atoms with Crippen LogP contribution in [0.3, 0.4) is 0 Å². The van der Waals surface area contributed by atoms with E-state index >= 15 is 0 Å². The minimum absolute atomic E-state index is 0.750. The van der Waals surface area contributed by atoms with Crippen LogP contribution in [0.25, 0.3) is 5.65 Å². The predicted molar refractivity (Wildman–Crippen MR) is 57.0 cm³/mol. The number of imidazole rings is 1. The van der Waals surface area contributed by atoms with E-state index in [9.17, 15) is 0 Å². The molecule has 2 N–H and O–H groups in total. The van der Waals surface area contributed by atoms with Gasteiger partial charge in [0, 0.05) is 30.7 Å². The third kappa shape index (κ3) is 1.70. The summed E-state index contributed by atoms with van der Waals surface area (Å²) in [6.07, 6.45) is 3.95. The zero-order valence-electron chi connectivity index (χ0n) is 8.44. The monoisotopic (exact) mass is 190 g/mol. The van der Waals surface area contributed by atoms with Crippen molar-refractivity contribution in [1.29, 1.82) is 0 Å². The van der Waals surface area contributed by atoms with E-state index in [0.717, 1.165) is 23.6 Å². The van der Waals surface area contributed by atoms with Crippen molar-refractivity contribution < 1.29 is 0 Å². The molecule has 0 aromatic carbocycles. The molecule has 0 aliphatic carbocycles. The molecule has 4 nitrogen and oxygen atoms in total. The number of hydrogen-bond donors (Lipinski definition) is 1. The Balaban J connectivity index is 2.41. The van der Waals surface area contributed by atoms with Gasteiger partial charge in [0.2, 0.25) is 0 Å². The maximum Gasteiger partial charge on any atom is 0.139 e. The lowest BCUT2D eigenvalue weighted by Crippen LogP contribution is -2.10. The first-order valence-corrected chi connectivity index (χ1v) is 4.53. The average molecular weight is 190 g/mol. The first kappa shape index (κ1) is 9.02. The van der Waals surface area contributed by atoms with E-state index in [1.165, 1.54) is 0 Å². The Morgan fingerprint density at radius 2 is 2.29 bits per heavy atom. The van der Waals surface area contributed by atoms with Crippen LogP contribution in [0.15, 0.2) is 24.5 Å². The van der Waals surface area contributed by atoms with Crippen LogP contribution in [-0.2, 0) is 6.54 Å². The summed E-state index contributed by atoms with van der Waals surface area (Å²) in [5.74, 6) is 0. The van der Waals surface area contributed by atoms with Crippen molar-refractivity contribution in [3.63, 3.8) is 0 Å². The summed E-state index contributed by atoms with van der Waals surface area (Å²) in [6, 6.07) is 3.74. The number of nitrogens with two attached hydrogens (primary N) is 1. The third-order valence-electron chi connectivity index (χ3n) is 2.01. The molecular formula is C10H14N4. The molecule has 0 radical (unpaired) electrons. The summed E-state index contributed by atoms with van der Waals surface area (Å²) < 4.78 is 1.98. The number of pyridine rings is 1. The molecule has 4 heteroatoms. The lowest BCUT2D eigenvalue weighted by Gasteiger charge is -2.04. The van der Waals surface area contributed by atoms with Gasteiger partial charge in [0.05, 0.1) is 5.69 Å². The Labute approximate surface area is 83.0 Å². The van der Waals surface area contributed by atoms with Crippen LogP contribution in [0.5, 0.6) is 0 Å². The molecule has 0 amide bonds. The van der Waals surface area contributed by atoms with Gasteiger partial charge in [-0.05, 0) is 20.2 Å². The van der Waals surface area contributed by atoms with E-state index in [0.29, 0.717) is 0 Å². The Kier molecular flexibility index (Phi) is 2.13. The lowest BCUT2D eigenvalue weighted by atomic mass is 10.4. The van der Waals surface area contributed by atoms with Gasteiger partial charge in [0.1, 0.15) is 5.65 Å². The van der Waals surface area contributed by atoms with Gasteiger partial charge >= 0.3 is 0 Å². The second-order valence-electron chi connectivity index (χ2n) is 3.70. The highest BCUT2D eigenvalue weighted by Gasteiger charge is 2.02. The van der Waals surface area contributed by atoms with Crippen molar-refractivity contribution >= 4 is 11.3 Å². The van der Waals surface area contributed by atoms with E-state index in [2.05, 4.69) is 9.88 Å². The summed E-state index contributed by atoms with van der Waals surface area (Å²) >= 11 is 0. The summed E-state index contributed by atoms with van der Waals surface area (Å²) in [5, 5.41) is 0. The fourth-order valence-corrected chi connectivity index (χ4v) is 1.45. The smallest absolute Gasteiger partial charge is 0.139 e. The van der Waals surface area contributed by atoms with E-state index in [-0.39, 0.29) is 0 Å². The second-order valence-corrected chi connectivity index (χ2v) is 3.70. The van der Waals surface area contributed by atoms with Crippen LogP contribution in [0, 0.1) is 0 Å². The van der Waals surface area contributed by atoms with Crippen molar-refractivity contribution in [2.75, 3.05) is 19.8 Å². The molecule has 0 unspecified atom stereocenters. The molecule has 2 heterocycles. The molecule has 0 fully saturated rings. The molecule has 0 saturated carbocycles. The van der Waals surface area contributed by atoms with Gasteiger partial charge in [-0.3, -0.25) is 0 Å². The van der Waals surface area contributed by atoms with Crippen LogP contribution in [-0.4, -0.2) is 28.4 Å². The Morgan fingerprint density at radius 3 is 3.00 bits per heavy atom. The van der Waals surface area contributed by atoms with Crippen LogP contribution < -0.4 is 5.73 Å². The van der Waals surface area contributed by atoms with Crippen LogP contribution in [0.1, 0.15) is 5.69 Å². The largest absolute Gasteiger partial charge is 0.399 e. The van der Waals surface area contributed by atoms with Crippen molar-refractivity contribution in [1.82, 2.24) is 14.3 Å². The van der Waals surface area contributed by atoms with E-state index in [4.69, 9.17) is 5.73 Å². The van der Waals surface area contributed by atoms with Crippen LogP contribution >= 0.6 is 0 Å². The standard InChI is InChI=1S/C10H14N4/c1-13(2)6-9-7-14-4-3-8(11)5-10(14)12-9/h3-5,7H,6,11H2,1-2H3. The van der Waals surface area contributed by atoms with Crippen LogP contribution in [0.2, 0.25) is 0 Å². The molecule has 0 atom stereocenters. The van der Waals surface area contributed by atoms with E-state index < -0.39 is 0 Å². The Bertz CT molecular complexity index is 444. The number of hydrogen-bond acceptors (Lipinski definition) is 3. The summed E-state index contributed by atoms with van der Waals surface area (Å²) in [7, 11) is 4.05. The summed E-state index contributed by atoms with van der Waals surface area (Å²) in [6.45, 7) is 0.849. The molecule has 0 aliphatic heterocycles. The number of nitrogen functional groups attached to an aromatic ring is 1. The fraction of sp³-hybridized carbons (Fsp3) is 0.300. The minimum Gasteiger partial charge on any atom is -0.399 e. The van der Waals surface area contributed by atoms with Gasteiger partial charge in [-0.2, -0.15) is 0 Å². The SMILES string of the molecule is CN(C)Cc1cn2ccc(N)cc2n1. The van der Waals surface area contributed by atoms with E-state index in [1.807, 2.05) is 43.0 Å². The number of anilines is 1. The number of nitrogens with zero attached hydrogens (tertiary/aromatic N) is 3. The molecule has 0 bridgehead atoms. The maximum atomic E-state index is 5.67. The highest BCUT2D eigenvalue weighted by Crippen LogP contribution is 2.09. The quantitative estimate of drug-likeness (QED) is 0.767. The Morgan fingerprint density at radius 1 is 1.50 bits per heavy atom. The van der Waals surface area contributed by atoms with Crippen molar-refractivity contribution in [3.05, 3.63) is 30.2 Å². The van der Waals surface area contributed by atoms with Crippen molar-refractivity contribution in [2.45, 2.75) is 6.54 Å². The van der Waals surface area contributed by atoms with Crippen molar-refractivity contribution in [3.8, 4) is 0 Å². The van der Waals surface area contributed by atoms with Crippen molar-refractivity contribution in [2.24, 2.45) is 0 Å². The summed E-state index contributed by atoms with van der Waals surface area (Å²) in [4.78, 5) is 6.54. The van der Waals surface area contributed by atoms with Gasteiger partial charge < -0.3 is 15.0 Å². The average Bonchev–Trinajstić information content (AvgIpc) is 2.44. The third-order valence-corrected chi connectivity index (χ3v) is 2.01. The first-order valence-electron chi connectivity index (χ1n) is 4.53. The van der Waals surface area contributed by atoms with Gasteiger partial charge in [0.25, 0.3) is 0 Å². The lowest BCUT2D eigenvalue weighted by molar-refractivity contribution is 0.398. The van der Waals surface area contributed by atoms with Gasteiger partial charge in [-0.15, -0.1) is 0 Å². The molecule has 0 aliphatic rings. The first-order chi connectivity index (χ1) is 6.65. The molecule has 0 saturated heterocycles. The zero-order chi connectivity index (χ0) is 10.1. The zero-order valence-corrected chi connectivity index (χ0v) is 8.44. The highest BCUT2D eigenvalue weighted by atomic mass is 15.1. The number of aromatic nitrogens is 2. The molecule has 14 heavy (non-hydrogen) atoms. The fourth-order valence-electron chi connectivity index (χ4n) is 1.45. The van der Waals surface area contributed by atoms with Gasteiger partial charge in [-0.25, -0.2) is 4.98 Å². The molecule has 2 aromatic rings. The van der Waals surface area contributed by atoms with Gasteiger partial charge in [0.15, 0.2) is 0 Å². The molecule has 2 rings (SSSR count). The van der Waals surface area contributed by atoms with Gasteiger partial charge in [-0.1, -0.05) is 0 Å². The minimum atomic E-state index is 0.750. The Hall–Kier alpha value is -1.55. The molecule has 2 aromatic heterocycles. The summed E-state index contributed by atoms with van der Waals surface area (Å²) in [5.41, 5.74) is 8.38. The number of fused-ring (bicyclic) bond motifs is 1. The molecular weight excluding hydrogens is 176 g/mol. The normalized spacial score (nSPS) is 11.4. The predicted octanol–water partition coefficient (Wildman–Crippen LogP) is 0.978. The molecule has 0 spiro atoms. The topological polar surface area (TPSA) is 46.6 Å². The molecule has 74 valence electrons.